The Balaban J connectivity index is 1.18. The van der Waals surface area contributed by atoms with E-state index in [2.05, 4.69) is 277 Å². The van der Waals surface area contributed by atoms with Crippen molar-refractivity contribution in [2.24, 2.45) is 0 Å². The van der Waals surface area contributed by atoms with Crippen molar-refractivity contribution in [2.75, 3.05) is 9.80 Å². The van der Waals surface area contributed by atoms with Crippen LogP contribution in [0.15, 0.2) is 271 Å². The summed E-state index contributed by atoms with van der Waals surface area (Å²) in [5, 5.41) is 4.31. The van der Waals surface area contributed by atoms with Gasteiger partial charge in [-0.2, -0.15) is 0 Å². The summed E-state index contributed by atoms with van der Waals surface area (Å²) in [4.78, 5) is 4.83. The molecule has 12 aromatic rings. The molecule has 0 aliphatic rings. The third-order valence-electron chi connectivity index (χ3n) is 12.8. The van der Waals surface area contributed by atoms with Gasteiger partial charge in [-0.05, 0) is 93.4 Å². The molecule has 12 rings (SSSR count). The Labute approximate surface area is 390 Å². The first-order chi connectivity index (χ1) is 33.2. The van der Waals surface area contributed by atoms with Crippen LogP contribution >= 0.6 is 0 Å². The molecule has 0 bridgehead atoms. The molecular formula is C64H44N2O. The zero-order valence-electron chi connectivity index (χ0n) is 36.7. The average Bonchev–Trinajstić information content (AvgIpc) is 3.80. The minimum absolute atomic E-state index is 0.796. The second-order valence-corrected chi connectivity index (χ2v) is 16.9. The number of fused-ring (bicyclic) bond motifs is 5. The lowest BCUT2D eigenvalue weighted by molar-refractivity contribution is 0.673. The van der Waals surface area contributed by atoms with Crippen molar-refractivity contribution in [1.82, 2.24) is 0 Å². The van der Waals surface area contributed by atoms with Gasteiger partial charge in [-0.3, -0.25) is 0 Å². The predicted molar refractivity (Wildman–Crippen MR) is 282 cm³/mol. The number of rotatable bonds is 10. The lowest BCUT2D eigenvalue weighted by Crippen LogP contribution is -2.15. The van der Waals surface area contributed by atoms with Crippen LogP contribution in [0.1, 0.15) is 0 Å². The van der Waals surface area contributed by atoms with Gasteiger partial charge >= 0.3 is 0 Å². The van der Waals surface area contributed by atoms with Crippen molar-refractivity contribution in [3.63, 3.8) is 0 Å². The molecule has 11 aromatic carbocycles. The minimum Gasteiger partial charge on any atom is -0.455 e. The van der Waals surface area contributed by atoms with Crippen LogP contribution in [0.25, 0.3) is 77.2 Å². The van der Waals surface area contributed by atoms with Gasteiger partial charge in [0.15, 0.2) is 0 Å². The summed E-state index contributed by atoms with van der Waals surface area (Å²) in [7, 11) is 0. The highest BCUT2D eigenvalue weighted by molar-refractivity contribution is 6.21. The zero-order chi connectivity index (χ0) is 44.5. The summed E-state index contributed by atoms with van der Waals surface area (Å²) in [6, 6.07) is 95.5. The fourth-order valence-corrected chi connectivity index (χ4v) is 9.67. The highest BCUT2D eigenvalue weighted by atomic mass is 16.3. The first-order valence-corrected chi connectivity index (χ1v) is 22.8. The van der Waals surface area contributed by atoms with Gasteiger partial charge in [0.2, 0.25) is 0 Å². The molecule has 3 heteroatoms. The van der Waals surface area contributed by atoms with Crippen LogP contribution < -0.4 is 9.80 Å². The highest BCUT2D eigenvalue weighted by Crippen LogP contribution is 2.51. The Morgan fingerprint density at radius 2 is 0.776 bits per heavy atom. The number of nitrogens with zero attached hydrogens (tertiary/aromatic N) is 2. The molecule has 1 aromatic heterocycles. The van der Waals surface area contributed by atoms with E-state index in [1.54, 1.807) is 0 Å². The topological polar surface area (TPSA) is 19.6 Å². The Morgan fingerprint density at radius 1 is 0.269 bits per heavy atom. The molecule has 1 heterocycles. The van der Waals surface area contributed by atoms with Crippen LogP contribution in [0.2, 0.25) is 0 Å². The standard InChI is InChI=1S/C64H44N2O/c1-6-20-45(21-7-1)47-34-38-53(39-35-47)65(59-33-19-18-31-55(59)48-24-10-3-11-25-48)54-43-61(63-57-40-36-50-28-16-17-32-56(50)64(57)67-62(63)44-54)66(52-29-14-5-15-30-52)60-41-37-51(46-22-8-2-9-23-46)42-58(60)49-26-12-4-13-27-49/h1-44H. The monoisotopic (exact) mass is 856 g/mol. The molecule has 0 saturated carbocycles. The van der Waals surface area contributed by atoms with Gasteiger partial charge in [-0.15, -0.1) is 0 Å². The van der Waals surface area contributed by atoms with E-state index in [1.165, 1.54) is 11.1 Å². The molecule has 0 unspecified atom stereocenters. The third-order valence-corrected chi connectivity index (χ3v) is 12.8. The summed E-state index contributed by atoms with van der Waals surface area (Å²) in [6.07, 6.45) is 0. The normalized spacial score (nSPS) is 11.3. The SMILES string of the molecule is c1ccc(-c2ccc(N(c3cc(N(c4ccccc4)c4ccc(-c5ccccc5)cc4-c4ccccc4)c4c(c3)oc3c5ccccc5ccc34)c3ccccc3-c3ccccc3)cc2)cc1. The molecule has 0 aliphatic carbocycles. The van der Waals surface area contributed by atoms with Crippen LogP contribution in [0.3, 0.4) is 0 Å². The Bertz CT molecular complexity index is 3660. The molecule has 0 saturated heterocycles. The van der Waals surface area contributed by atoms with E-state index in [0.29, 0.717) is 0 Å². The Morgan fingerprint density at radius 3 is 1.46 bits per heavy atom. The van der Waals surface area contributed by atoms with E-state index in [1.807, 2.05) is 0 Å². The van der Waals surface area contributed by atoms with Gasteiger partial charge in [0.25, 0.3) is 0 Å². The Kier molecular flexibility index (Phi) is 10.2. The molecule has 0 spiro atoms. The zero-order valence-corrected chi connectivity index (χ0v) is 36.7. The lowest BCUT2D eigenvalue weighted by Gasteiger charge is -2.32. The molecular weight excluding hydrogens is 813 g/mol. The highest BCUT2D eigenvalue weighted by Gasteiger charge is 2.27. The van der Waals surface area contributed by atoms with Crippen molar-refractivity contribution in [1.29, 1.82) is 0 Å². The number of hydrogen-bond donors (Lipinski definition) is 0. The summed E-state index contributed by atoms with van der Waals surface area (Å²) >= 11 is 0. The minimum atomic E-state index is 0.796. The van der Waals surface area contributed by atoms with Crippen LogP contribution in [0.4, 0.5) is 34.1 Å². The van der Waals surface area contributed by atoms with Gasteiger partial charge in [-0.1, -0.05) is 206 Å². The van der Waals surface area contributed by atoms with E-state index in [0.717, 1.165) is 100 Å². The molecule has 0 aliphatic heterocycles. The van der Waals surface area contributed by atoms with E-state index in [9.17, 15) is 0 Å². The molecule has 0 N–H and O–H groups in total. The molecule has 0 amide bonds. The van der Waals surface area contributed by atoms with Crippen molar-refractivity contribution in [3.05, 3.63) is 267 Å². The number of benzene rings is 11. The first kappa shape index (κ1) is 39.7. The van der Waals surface area contributed by atoms with E-state index in [-0.39, 0.29) is 0 Å². The van der Waals surface area contributed by atoms with Crippen molar-refractivity contribution < 1.29 is 4.42 Å². The Hall–Kier alpha value is -8.92. The number of para-hydroxylation sites is 2. The summed E-state index contributed by atoms with van der Waals surface area (Å²) in [5.41, 5.74) is 16.9. The maximum Gasteiger partial charge on any atom is 0.143 e. The van der Waals surface area contributed by atoms with Crippen LogP contribution in [-0.4, -0.2) is 0 Å². The molecule has 67 heavy (non-hydrogen) atoms. The van der Waals surface area contributed by atoms with Crippen molar-refractivity contribution >= 4 is 66.8 Å². The molecule has 0 radical (unpaired) electrons. The van der Waals surface area contributed by atoms with E-state index >= 15 is 0 Å². The van der Waals surface area contributed by atoms with Gasteiger partial charge in [-0.25, -0.2) is 0 Å². The fourth-order valence-electron chi connectivity index (χ4n) is 9.67. The second-order valence-electron chi connectivity index (χ2n) is 16.9. The van der Waals surface area contributed by atoms with E-state index < -0.39 is 0 Å². The fraction of sp³-hybridized carbons (Fsp3) is 0. The summed E-state index contributed by atoms with van der Waals surface area (Å²) in [5.74, 6) is 0. The van der Waals surface area contributed by atoms with Crippen LogP contribution in [0.5, 0.6) is 0 Å². The van der Waals surface area contributed by atoms with Crippen molar-refractivity contribution in [3.8, 4) is 44.5 Å². The molecule has 316 valence electrons. The predicted octanol–water partition coefficient (Wildman–Crippen LogP) is 18.3. The average molecular weight is 857 g/mol. The molecule has 0 atom stereocenters. The lowest BCUT2D eigenvalue weighted by atomic mass is 9.95. The maximum atomic E-state index is 7.22. The number of furan rings is 1. The summed E-state index contributed by atoms with van der Waals surface area (Å²) < 4.78 is 7.22. The van der Waals surface area contributed by atoms with Crippen molar-refractivity contribution in [2.45, 2.75) is 0 Å². The first-order valence-electron chi connectivity index (χ1n) is 22.8. The third kappa shape index (κ3) is 7.39. The van der Waals surface area contributed by atoms with Crippen LogP contribution in [0, 0.1) is 0 Å². The largest absolute Gasteiger partial charge is 0.455 e. The smallest absolute Gasteiger partial charge is 0.143 e. The number of anilines is 6. The molecule has 0 fully saturated rings. The van der Waals surface area contributed by atoms with E-state index in [4.69, 9.17) is 4.42 Å². The van der Waals surface area contributed by atoms with Gasteiger partial charge < -0.3 is 14.2 Å². The second kappa shape index (κ2) is 17.2. The van der Waals surface area contributed by atoms with Gasteiger partial charge in [0.05, 0.1) is 28.1 Å². The quantitative estimate of drug-likeness (QED) is 0.137. The summed E-state index contributed by atoms with van der Waals surface area (Å²) in [6.45, 7) is 0. The molecule has 3 nitrogen and oxygen atoms in total. The van der Waals surface area contributed by atoms with Gasteiger partial charge in [0.1, 0.15) is 11.2 Å². The maximum absolute atomic E-state index is 7.22. The number of hydrogen-bond acceptors (Lipinski definition) is 3. The van der Waals surface area contributed by atoms with Gasteiger partial charge in [0, 0.05) is 39.3 Å². The van der Waals surface area contributed by atoms with Crippen LogP contribution in [-0.2, 0) is 0 Å².